The summed E-state index contributed by atoms with van der Waals surface area (Å²) in [6.45, 7) is 10.3. The molecule has 11 nitrogen and oxygen atoms in total. The number of ether oxygens (including phenoxy) is 1. The van der Waals surface area contributed by atoms with Gasteiger partial charge in [-0.1, -0.05) is 19.9 Å². The van der Waals surface area contributed by atoms with Gasteiger partial charge in [0.15, 0.2) is 22.9 Å². The number of carbonyl (C=O) groups excluding carboxylic acids is 2. The molecule has 2 aromatic carbocycles. The van der Waals surface area contributed by atoms with Crippen molar-refractivity contribution in [1.29, 1.82) is 0 Å². The summed E-state index contributed by atoms with van der Waals surface area (Å²) >= 11 is 0. The van der Waals surface area contributed by atoms with E-state index in [0.29, 0.717) is 41.9 Å². The van der Waals surface area contributed by atoms with Crippen LogP contribution in [0, 0.1) is 11.6 Å². The lowest BCUT2D eigenvalue weighted by atomic mass is 10.00. The standard InChI is InChI=1S/C33H44F2N8O3/c1-7-21-18-22(11-12-24(21)31(44)42-33(3,4)19-40-32(45)25(37)10-8-9-15-36)41-29-30(38-5)43(17-16-39-29)20(2)23-13-14-26(46-6)28(35)27(23)34/h11-14,16-18,25H,2,7-10,15,19,36-37H2,1,3-6H3,(H,39,41)(H,40,45)(H,42,44)/b38-30-. The first kappa shape index (κ1) is 35.9. The third-order valence-corrected chi connectivity index (χ3v) is 7.40. The highest BCUT2D eigenvalue weighted by molar-refractivity contribution is 5.96. The van der Waals surface area contributed by atoms with Crippen molar-refractivity contribution in [3.63, 3.8) is 0 Å². The Morgan fingerprint density at radius 1 is 1.15 bits per heavy atom. The molecule has 3 aromatic rings. The first-order chi connectivity index (χ1) is 21.9. The van der Waals surface area contributed by atoms with E-state index in [-0.39, 0.29) is 35.4 Å². The molecule has 248 valence electrons. The molecular formula is C33H44F2N8O3. The average molecular weight is 639 g/mol. The number of halogens is 2. The van der Waals surface area contributed by atoms with Gasteiger partial charge in [0.05, 0.1) is 24.4 Å². The molecule has 7 N–H and O–H groups in total. The Kier molecular flexibility index (Phi) is 12.5. The molecule has 3 rings (SSSR count). The normalized spacial score (nSPS) is 12.4. The molecule has 0 radical (unpaired) electrons. The number of methoxy groups -OCH3 is 1. The lowest BCUT2D eigenvalue weighted by Gasteiger charge is -2.28. The second-order valence-corrected chi connectivity index (χ2v) is 11.4. The number of nitrogens with one attached hydrogen (secondary N) is 3. The smallest absolute Gasteiger partial charge is 0.252 e. The maximum Gasteiger partial charge on any atom is 0.252 e. The highest BCUT2D eigenvalue weighted by Crippen LogP contribution is 2.27. The second-order valence-electron chi connectivity index (χ2n) is 11.4. The summed E-state index contributed by atoms with van der Waals surface area (Å²) < 4.78 is 35.7. The molecule has 13 heteroatoms. The molecule has 0 saturated heterocycles. The van der Waals surface area contributed by atoms with Gasteiger partial charge in [-0.15, -0.1) is 0 Å². The van der Waals surface area contributed by atoms with E-state index in [9.17, 15) is 18.4 Å². The van der Waals surface area contributed by atoms with Crippen LogP contribution in [0.2, 0.25) is 0 Å². The minimum atomic E-state index is -1.12. The Morgan fingerprint density at radius 2 is 1.87 bits per heavy atom. The molecule has 46 heavy (non-hydrogen) atoms. The maximum absolute atomic E-state index is 14.9. The number of rotatable bonds is 15. The van der Waals surface area contributed by atoms with E-state index in [1.165, 1.54) is 30.0 Å². The van der Waals surface area contributed by atoms with Gasteiger partial charge in [0.25, 0.3) is 5.91 Å². The first-order valence-corrected chi connectivity index (χ1v) is 15.0. The number of nitrogens with zero attached hydrogens (tertiary/aromatic N) is 3. The van der Waals surface area contributed by atoms with Crippen LogP contribution in [0.5, 0.6) is 5.75 Å². The molecule has 0 spiro atoms. The number of aryl methyl sites for hydroxylation is 1. The minimum absolute atomic E-state index is 0.0677. The number of amides is 2. The maximum atomic E-state index is 14.9. The lowest BCUT2D eigenvalue weighted by molar-refractivity contribution is -0.122. The van der Waals surface area contributed by atoms with Crippen LogP contribution < -0.4 is 37.6 Å². The molecule has 2 amide bonds. The van der Waals surface area contributed by atoms with Crippen LogP contribution in [0.4, 0.5) is 20.3 Å². The quantitative estimate of drug-likeness (QED) is 0.159. The van der Waals surface area contributed by atoms with Crippen molar-refractivity contribution < 1.29 is 23.1 Å². The third kappa shape index (κ3) is 8.76. The lowest BCUT2D eigenvalue weighted by Crippen LogP contribution is -2.53. The van der Waals surface area contributed by atoms with Gasteiger partial charge in [0.2, 0.25) is 11.7 Å². The SMILES string of the molecule is C=C(c1ccc(OC)c(F)c1F)n1ccnc(Nc2ccc(C(=O)NC(C)(C)CNC(=O)C(N)CCCCN)c(CC)c2)/c1=N/C. The van der Waals surface area contributed by atoms with Crippen LogP contribution >= 0.6 is 0 Å². The number of nitrogens with two attached hydrogens (primary N) is 2. The summed E-state index contributed by atoms with van der Waals surface area (Å²) in [4.78, 5) is 34.4. The molecular weight excluding hydrogens is 594 g/mol. The number of hydrogen-bond donors (Lipinski definition) is 5. The molecule has 1 heterocycles. The van der Waals surface area contributed by atoms with Gasteiger partial charge in [-0.3, -0.25) is 19.1 Å². The zero-order chi connectivity index (χ0) is 34.0. The predicted octanol–water partition coefficient (Wildman–Crippen LogP) is 3.61. The minimum Gasteiger partial charge on any atom is -0.494 e. The van der Waals surface area contributed by atoms with Crippen LogP contribution in [0.15, 0.2) is 54.3 Å². The van der Waals surface area contributed by atoms with E-state index in [4.69, 9.17) is 16.2 Å². The Labute approximate surface area is 268 Å². The number of carbonyl (C=O) groups is 2. The van der Waals surface area contributed by atoms with E-state index in [1.54, 1.807) is 25.4 Å². The number of aromatic nitrogens is 2. The van der Waals surface area contributed by atoms with Crippen LogP contribution in [-0.4, -0.2) is 60.2 Å². The van der Waals surface area contributed by atoms with E-state index < -0.39 is 23.2 Å². The highest BCUT2D eigenvalue weighted by atomic mass is 19.2. The summed E-state index contributed by atoms with van der Waals surface area (Å²) in [5.74, 6) is -2.67. The van der Waals surface area contributed by atoms with Crippen molar-refractivity contribution in [2.24, 2.45) is 16.5 Å². The molecule has 0 fully saturated rings. The number of anilines is 2. The van der Waals surface area contributed by atoms with Crippen LogP contribution in [-0.2, 0) is 11.2 Å². The van der Waals surface area contributed by atoms with Crippen LogP contribution in [0.25, 0.3) is 5.70 Å². The van der Waals surface area contributed by atoms with Gasteiger partial charge in [-0.2, -0.15) is 4.39 Å². The van der Waals surface area contributed by atoms with Crippen molar-refractivity contribution in [3.05, 3.63) is 83.1 Å². The monoisotopic (exact) mass is 638 g/mol. The fourth-order valence-corrected chi connectivity index (χ4v) is 4.80. The van der Waals surface area contributed by atoms with Crippen LogP contribution in [0.3, 0.4) is 0 Å². The zero-order valence-corrected chi connectivity index (χ0v) is 27.0. The summed E-state index contributed by atoms with van der Waals surface area (Å²) in [5.41, 5.74) is 13.0. The van der Waals surface area contributed by atoms with Crippen molar-refractivity contribution in [1.82, 2.24) is 20.2 Å². The Morgan fingerprint density at radius 3 is 2.52 bits per heavy atom. The number of hydrogen-bond acceptors (Lipinski definition) is 8. The van der Waals surface area contributed by atoms with E-state index in [1.807, 2.05) is 26.8 Å². The van der Waals surface area contributed by atoms with Crippen molar-refractivity contribution in [2.75, 3.05) is 32.6 Å². The van der Waals surface area contributed by atoms with Gasteiger partial charge >= 0.3 is 0 Å². The van der Waals surface area contributed by atoms with E-state index in [0.717, 1.165) is 18.4 Å². The Bertz CT molecular complexity index is 1640. The van der Waals surface area contributed by atoms with E-state index >= 15 is 0 Å². The van der Waals surface area contributed by atoms with Crippen molar-refractivity contribution in [3.8, 4) is 5.75 Å². The van der Waals surface area contributed by atoms with Crippen molar-refractivity contribution >= 4 is 29.0 Å². The van der Waals surface area contributed by atoms with Gasteiger partial charge in [0.1, 0.15) is 0 Å². The second kappa shape index (κ2) is 16.1. The molecule has 1 unspecified atom stereocenters. The highest BCUT2D eigenvalue weighted by Gasteiger charge is 2.25. The molecule has 0 saturated carbocycles. The zero-order valence-electron chi connectivity index (χ0n) is 27.0. The molecule has 0 aliphatic heterocycles. The van der Waals surface area contributed by atoms with Gasteiger partial charge in [-0.25, -0.2) is 9.37 Å². The third-order valence-electron chi connectivity index (χ3n) is 7.40. The molecule has 0 aliphatic carbocycles. The Balaban J connectivity index is 1.78. The average Bonchev–Trinajstić information content (AvgIpc) is 3.04. The molecule has 1 atom stereocenters. The summed E-state index contributed by atoms with van der Waals surface area (Å²) in [5, 5.41) is 9.03. The molecule has 1 aromatic heterocycles. The van der Waals surface area contributed by atoms with Gasteiger partial charge in [0, 0.05) is 42.8 Å². The predicted molar refractivity (Wildman–Crippen MR) is 176 cm³/mol. The fraction of sp³-hybridized carbons (Fsp3) is 0.394. The van der Waals surface area contributed by atoms with Gasteiger partial charge in [-0.05, 0) is 75.5 Å². The molecule has 0 bridgehead atoms. The molecule has 0 aliphatic rings. The van der Waals surface area contributed by atoms with Crippen molar-refractivity contribution in [2.45, 2.75) is 58.0 Å². The largest absolute Gasteiger partial charge is 0.494 e. The van der Waals surface area contributed by atoms with E-state index in [2.05, 4.69) is 32.5 Å². The topological polar surface area (TPSA) is 162 Å². The number of unbranched alkanes of at least 4 members (excludes halogenated alkanes) is 1. The Hall–Kier alpha value is -4.62. The first-order valence-electron chi connectivity index (χ1n) is 15.0. The van der Waals surface area contributed by atoms with Gasteiger partial charge < -0.3 is 32.2 Å². The summed E-state index contributed by atoms with van der Waals surface area (Å²) in [7, 11) is 2.80. The summed E-state index contributed by atoms with van der Waals surface area (Å²) in [6, 6.07) is 7.33. The fourth-order valence-electron chi connectivity index (χ4n) is 4.80. The summed E-state index contributed by atoms with van der Waals surface area (Å²) in [6.07, 6.45) is 5.69. The number of benzene rings is 2. The van der Waals surface area contributed by atoms with Crippen LogP contribution in [0.1, 0.15) is 61.5 Å².